The highest BCUT2D eigenvalue weighted by atomic mass is 35.5. The normalized spacial score (nSPS) is 10.5. The summed E-state index contributed by atoms with van der Waals surface area (Å²) in [5, 5.41) is 3.92. The van der Waals surface area contributed by atoms with Gasteiger partial charge >= 0.3 is 0 Å². The second-order valence-corrected chi connectivity index (χ2v) is 3.41. The van der Waals surface area contributed by atoms with Gasteiger partial charge in [-0.2, -0.15) is 0 Å². The van der Waals surface area contributed by atoms with Crippen molar-refractivity contribution in [1.29, 1.82) is 0 Å². The lowest BCUT2D eigenvalue weighted by Gasteiger charge is -2.15. The average molecular weight is 199 g/mol. The molecule has 0 amide bonds. The molecule has 0 unspecified atom stereocenters. The highest BCUT2D eigenvalue weighted by Gasteiger charge is 2.02. The molecule has 3 heteroatoms. The summed E-state index contributed by atoms with van der Waals surface area (Å²) < 4.78 is 0. The zero-order valence-corrected chi connectivity index (χ0v) is 8.80. The molecule has 1 rings (SSSR count). The molecule has 0 saturated heterocycles. The van der Waals surface area contributed by atoms with Crippen LogP contribution in [0.3, 0.4) is 0 Å². The van der Waals surface area contributed by atoms with Crippen LogP contribution in [-0.4, -0.2) is 11.0 Å². The van der Waals surface area contributed by atoms with Gasteiger partial charge in [-0.1, -0.05) is 25.4 Å². The number of hydrogen-bond acceptors (Lipinski definition) is 2. The Morgan fingerprint density at radius 1 is 1.38 bits per heavy atom. The molecule has 13 heavy (non-hydrogen) atoms. The SMILES string of the molecule is CCC(CC)Nc1ccc(Cl)nc1. The maximum absolute atomic E-state index is 5.68. The van der Waals surface area contributed by atoms with Crippen LogP contribution in [0.2, 0.25) is 5.15 Å². The number of nitrogens with one attached hydrogen (secondary N) is 1. The van der Waals surface area contributed by atoms with Gasteiger partial charge in [0.2, 0.25) is 0 Å². The van der Waals surface area contributed by atoms with E-state index in [2.05, 4.69) is 24.1 Å². The third kappa shape index (κ3) is 3.23. The van der Waals surface area contributed by atoms with Gasteiger partial charge in [-0.05, 0) is 25.0 Å². The smallest absolute Gasteiger partial charge is 0.129 e. The standard InChI is InChI=1S/C10H15ClN2/c1-3-8(4-2)13-9-5-6-10(11)12-7-9/h5-8,13H,3-4H2,1-2H3. The predicted octanol–water partition coefficient (Wildman–Crippen LogP) is 3.34. The summed E-state index contributed by atoms with van der Waals surface area (Å²) in [6.07, 6.45) is 4.01. The monoisotopic (exact) mass is 198 g/mol. The minimum Gasteiger partial charge on any atom is -0.381 e. The van der Waals surface area contributed by atoms with Gasteiger partial charge in [0.25, 0.3) is 0 Å². The number of rotatable bonds is 4. The molecule has 1 heterocycles. The Morgan fingerprint density at radius 3 is 2.54 bits per heavy atom. The summed E-state index contributed by atoms with van der Waals surface area (Å²) in [6.45, 7) is 4.34. The number of aromatic nitrogens is 1. The highest BCUT2D eigenvalue weighted by molar-refractivity contribution is 6.29. The van der Waals surface area contributed by atoms with E-state index in [-0.39, 0.29) is 0 Å². The molecule has 0 spiro atoms. The first kappa shape index (κ1) is 10.3. The summed E-state index contributed by atoms with van der Waals surface area (Å²) in [7, 11) is 0. The van der Waals surface area contributed by atoms with Crippen molar-refractivity contribution < 1.29 is 0 Å². The van der Waals surface area contributed by atoms with E-state index in [9.17, 15) is 0 Å². The second kappa shape index (κ2) is 5.07. The van der Waals surface area contributed by atoms with Gasteiger partial charge in [-0.3, -0.25) is 0 Å². The van der Waals surface area contributed by atoms with E-state index < -0.39 is 0 Å². The van der Waals surface area contributed by atoms with E-state index >= 15 is 0 Å². The first-order chi connectivity index (χ1) is 6.26. The predicted molar refractivity (Wildman–Crippen MR) is 57.2 cm³/mol. The van der Waals surface area contributed by atoms with Crippen molar-refractivity contribution >= 4 is 17.3 Å². The molecule has 1 N–H and O–H groups in total. The zero-order chi connectivity index (χ0) is 9.68. The van der Waals surface area contributed by atoms with Crippen molar-refractivity contribution in [3.63, 3.8) is 0 Å². The molecule has 0 bridgehead atoms. The fourth-order valence-corrected chi connectivity index (χ4v) is 1.30. The van der Waals surface area contributed by atoms with Crippen molar-refractivity contribution in [1.82, 2.24) is 4.98 Å². The van der Waals surface area contributed by atoms with Crippen molar-refractivity contribution in [2.24, 2.45) is 0 Å². The molecule has 0 fully saturated rings. The van der Waals surface area contributed by atoms with Gasteiger partial charge in [-0.25, -0.2) is 4.98 Å². The topological polar surface area (TPSA) is 24.9 Å². The Morgan fingerprint density at radius 2 is 2.08 bits per heavy atom. The van der Waals surface area contributed by atoms with Crippen molar-refractivity contribution in [2.45, 2.75) is 32.7 Å². The molecule has 2 nitrogen and oxygen atoms in total. The maximum Gasteiger partial charge on any atom is 0.129 e. The number of nitrogens with zero attached hydrogens (tertiary/aromatic N) is 1. The third-order valence-corrected chi connectivity index (χ3v) is 2.31. The maximum atomic E-state index is 5.68. The Balaban J connectivity index is 2.58. The largest absolute Gasteiger partial charge is 0.381 e. The van der Waals surface area contributed by atoms with Gasteiger partial charge in [-0.15, -0.1) is 0 Å². The first-order valence-corrected chi connectivity index (χ1v) is 5.02. The number of pyridine rings is 1. The van der Waals surface area contributed by atoms with Crippen molar-refractivity contribution in [2.75, 3.05) is 5.32 Å². The van der Waals surface area contributed by atoms with Gasteiger partial charge in [0, 0.05) is 6.04 Å². The van der Waals surface area contributed by atoms with E-state index in [4.69, 9.17) is 11.6 Å². The summed E-state index contributed by atoms with van der Waals surface area (Å²) in [5.41, 5.74) is 1.04. The van der Waals surface area contributed by atoms with Gasteiger partial charge in [0.15, 0.2) is 0 Å². The van der Waals surface area contributed by atoms with Crippen LogP contribution in [0.4, 0.5) is 5.69 Å². The van der Waals surface area contributed by atoms with Crippen LogP contribution in [0.1, 0.15) is 26.7 Å². The molecule has 0 aliphatic heterocycles. The number of halogens is 1. The molecule has 1 aromatic rings. The second-order valence-electron chi connectivity index (χ2n) is 3.03. The molecule has 1 aromatic heterocycles. The van der Waals surface area contributed by atoms with E-state index in [1.54, 1.807) is 12.3 Å². The summed E-state index contributed by atoms with van der Waals surface area (Å²) in [4.78, 5) is 4.00. The molecule has 0 aromatic carbocycles. The molecule has 0 aliphatic carbocycles. The molecule has 0 radical (unpaired) electrons. The third-order valence-electron chi connectivity index (χ3n) is 2.08. The average Bonchev–Trinajstić information content (AvgIpc) is 2.17. The summed E-state index contributed by atoms with van der Waals surface area (Å²) in [5.74, 6) is 0. The van der Waals surface area contributed by atoms with Crippen molar-refractivity contribution in [3.05, 3.63) is 23.5 Å². The molecule has 0 saturated carbocycles. The minimum absolute atomic E-state index is 0.531. The van der Waals surface area contributed by atoms with E-state index in [0.717, 1.165) is 18.5 Å². The van der Waals surface area contributed by atoms with Crippen LogP contribution in [0, 0.1) is 0 Å². The molecule has 0 atom stereocenters. The van der Waals surface area contributed by atoms with Crippen LogP contribution < -0.4 is 5.32 Å². The Kier molecular flexibility index (Phi) is 4.03. The molecule has 0 aliphatic rings. The van der Waals surface area contributed by atoms with Gasteiger partial charge < -0.3 is 5.32 Å². The fourth-order valence-electron chi connectivity index (χ4n) is 1.19. The van der Waals surface area contributed by atoms with Crippen LogP contribution in [0.15, 0.2) is 18.3 Å². The quantitative estimate of drug-likeness (QED) is 0.751. The molecule has 72 valence electrons. The van der Waals surface area contributed by atoms with Crippen LogP contribution in [0.25, 0.3) is 0 Å². The Hall–Kier alpha value is -0.760. The summed E-state index contributed by atoms with van der Waals surface area (Å²) in [6, 6.07) is 4.28. The van der Waals surface area contributed by atoms with Gasteiger partial charge in [0.05, 0.1) is 11.9 Å². The zero-order valence-electron chi connectivity index (χ0n) is 8.05. The number of anilines is 1. The lowest BCUT2D eigenvalue weighted by molar-refractivity contribution is 0.671. The molecular formula is C10H15ClN2. The van der Waals surface area contributed by atoms with E-state index in [0.29, 0.717) is 11.2 Å². The lowest BCUT2D eigenvalue weighted by atomic mass is 10.1. The number of hydrogen-bond donors (Lipinski definition) is 1. The minimum atomic E-state index is 0.531. The first-order valence-electron chi connectivity index (χ1n) is 4.64. The van der Waals surface area contributed by atoms with Crippen LogP contribution in [0.5, 0.6) is 0 Å². The van der Waals surface area contributed by atoms with E-state index in [1.807, 2.05) is 6.07 Å². The Labute approximate surface area is 84.3 Å². The van der Waals surface area contributed by atoms with Crippen LogP contribution in [-0.2, 0) is 0 Å². The van der Waals surface area contributed by atoms with E-state index in [1.165, 1.54) is 0 Å². The lowest BCUT2D eigenvalue weighted by Crippen LogP contribution is -2.16. The van der Waals surface area contributed by atoms with Crippen molar-refractivity contribution in [3.8, 4) is 0 Å². The molecular weight excluding hydrogens is 184 g/mol. The fraction of sp³-hybridized carbons (Fsp3) is 0.500. The highest BCUT2D eigenvalue weighted by Crippen LogP contribution is 2.12. The van der Waals surface area contributed by atoms with Gasteiger partial charge in [0.1, 0.15) is 5.15 Å². The Bertz CT molecular complexity index is 242. The van der Waals surface area contributed by atoms with Crippen LogP contribution >= 0.6 is 11.6 Å². The summed E-state index contributed by atoms with van der Waals surface area (Å²) >= 11 is 5.68.